The molecule has 0 unspecified atom stereocenters. The Morgan fingerprint density at radius 3 is 2.66 bits per heavy atom. The Labute approximate surface area is 174 Å². The van der Waals surface area contributed by atoms with Crippen molar-refractivity contribution < 1.29 is 4.39 Å². The zero-order valence-corrected chi connectivity index (χ0v) is 17.3. The van der Waals surface area contributed by atoms with E-state index in [9.17, 15) is 4.39 Å². The van der Waals surface area contributed by atoms with Gasteiger partial charge in [-0.05, 0) is 69.6 Å². The number of nitrogens with one attached hydrogen (secondary N) is 1. The summed E-state index contributed by atoms with van der Waals surface area (Å²) in [7, 11) is 0. The molecule has 1 saturated heterocycles. The predicted octanol–water partition coefficient (Wildman–Crippen LogP) is 4.59. The fraction of sp³-hybridized carbons (Fsp3) is 0.318. The van der Waals surface area contributed by atoms with Gasteiger partial charge in [-0.15, -0.1) is 12.4 Å². The fourth-order valence-electron chi connectivity index (χ4n) is 4.09. The lowest BCUT2D eigenvalue weighted by Gasteiger charge is -2.22. The van der Waals surface area contributed by atoms with Gasteiger partial charge in [-0.3, -0.25) is 0 Å². The number of hydrogen-bond donors (Lipinski definition) is 1. The highest BCUT2D eigenvalue weighted by Crippen LogP contribution is 2.29. The molecule has 3 aromatic heterocycles. The van der Waals surface area contributed by atoms with Gasteiger partial charge in [0.2, 0.25) is 0 Å². The molecule has 5 rings (SSSR count). The Balaban J connectivity index is 0.00000205. The molecular weight excluding hydrogens is 389 g/mol. The van der Waals surface area contributed by atoms with Crippen LogP contribution in [-0.4, -0.2) is 32.7 Å². The molecule has 0 aliphatic carbocycles. The first-order valence-corrected chi connectivity index (χ1v) is 9.73. The first-order chi connectivity index (χ1) is 13.6. The lowest BCUT2D eigenvalue weighted by atomic mass is 9.93. The highest BCUT2D eigenvalue weighted by atomic mass is 35.5. The van der Waals surface area contributed by atoms with E-state index < -0.39 is 0 Å². The fourth-order valence-corrected chi connectivity index (χ4v) is 4.09. The summed E-state index contributed by atoms with van der Waals surface area (Å²) in [6, 6.07) is 9.49. The molecule has 0 bridgehead atoms. The van der Waals surface area contributed by atoms with Crippen LogP contribution in [0.3, 0.4) is 0 Å². The number of fused-ring (bicyclic) bond motifs is 2. The second kappa shape index (κ2) is 7.69. The van der Waals surface area contributed by atoms with Crippen LogP contribution in [0.4, 0.5) is 4.39 Å². The molecule has 0 amide bonds. The second-order valence-electron chi connectivity index (χ2n) is 7.65. The van der Waals surface area contributed by atoms with Crippen molar-refractivity contribution in [1.82, 2.24) is 24.9 Å². The second-order valence-corrected chi connectivity index (χ2v) is 7.65. The Morgan fingerprint density at radius 2 is 1.86 bits per heavy atom. The van der Waals surface area contributed by atoms with Crippen LogP contribution in [0.15, 0.2) is 36.5 Å². The first-order valence-electron chi connectivity index (χ1n) is 9.73. The van der Waals surface area contributed by atoms with Crippen LogP contribution in [-0.2, 0) is 0 Å². The van der Waals surface area contributed by atoms with E-state index in [2.05, 4.69) is 20.4 Å². The number of rotatable bonds is 2. The van der Waals surface area contributed by atoms with Crippen molar-refractivity contribution in [3.05, 3.63) is 59.3 Å². The molecule has 4 heterocycles. The molecule has 29 heavy (non-hydrogen) atoms. The maximum absolute atomic E-state index is 15.0. The van der Waals surface area contributed by atoms with Crippen LogP contribution in [0, 0.1) is 19.7 Å². The topological polar surface area (TPSA) is 55.1 Å². The Morgan fingerprint density at radius 1 is 1.07 bits per heavy atom. The molecule has 1 aliphatic rings. The monoisotopic (exact) mass is 411 g/mol. The van der Waals surface area contributed by atoms with Crippen molar-refractivity contribution in [2.75, 3.05) is 13.1 Å². The smallest absolute Gasteiger partial charge is 0.156 e. The van der Waals surface area contributed by atoms with E-state index in [1.165, 1.54) is 0 Å². The lowest BCUT2D eigenvalue weighted by molar-refractivity contribution is 0.454. The molecule has 1 aromatic carbocycles. The molecule has 1 N–H and O–H groups in total. The van der Waals surface area contributed by atoms with Crippen molar-refractivity contribution in [1.29, 1.82) is 0 Å². The van der Waals surface area contributed by atoms with Gasteiger partial charge in [0.15, 0.2) is 5.65 Å². The summed E-state index contributed by atoms with van der Waals surface area (Å²) < 4.78 is 16.7. The zero-order chi connectivity index (χ0) is 19.3. The van der Waals surface area contributed by atoms with Crippen LogP contribution in [0.5, 0.6) is 0 Å². The number of piperidine rings is 1. The largest absolute Gasteiger partial charge is 0.317 e. The third-order valence-electron chi connectivity index (χ3n) is 5.55. The molecule has 5 nitrogen and oxygen atoms in total. The van der Waals surface area contributed by atoms with Gasteiger partial charge in [0.25, 0.3) is 0 Å². The molecule has 0 saturated carbocycles. The minimum absolute atomic E-state index is 0. The van der Waals surface area contributed by atoms with Gasteiger partial charge in [-0.2, -0.15) is 5.10 Å². The van der Waals surface area contributed by atoms with Crippen molar-refractivity contribution in [2.45, 2.75) is 32.6 Å². The number of benzene rings is 1. The molecule has 0 spiro atoms. The van der Waals surface area contributed by atoms with Crippen molar-refractivity contribution in [2.24, 2.45) is 0 Å². The standard InChI is InChI=1S/C22H22FN5.ClH/c1-13-9-20(27-28-12-14(2)25-22(13)28)17-10-16-3-4-19(15-5-7-24-8-6-15)26-21(16)18(23)11-17;/h3-4,9-12,15,24H,5-8H2,1-2H3;1H. The minimum atomic E-state index is -0.301. The first kappa shape index (κ1) is 19.7. The average Bonchev–Trinajstić information content (AvgIpc) is 3.09. The molecule has 0 radical (unpaired) electrons. The highest BCUT2D eigenvalue weighted by molar-refractivity contribution is 5.85. The third-order valence-corrected chi connectivity index (χ3v) is 5.55. The van der Waals surface area contributed by atoms with E-state index in [0.29, 0.717) is 11.4 Å². The highest BCUT2D eigenvalue weighted by Gasteiger charge is 2.18. The zero-order valence-electron chi connectivity index (χ0n) is 16.4. The molecule has 7 heteroatoms. The Kier molecular flexibility index (Phi) is 5.23. The summed E-state index contributed by atoms with van der Waals surface area (Å²) in [4.78, 5) is 9.15. The van der Waals surface area contributed by atoms with Crippen LogP contribution in [0.1, 0.15) is 35.7 Å². The van der Waals surface area contributed by atoms with E-state index in [1.807, 2.05) is 44.3 Å². The van der Waals surface area contributed by atoms with Crippen LogP contribution < -0.4 is 5.32 Å². The van der Waals surface area contributed by atoms with E-state index >= 15 is 0 Å². The number of aryl methyl sites for hydroxylation is 2. The van der Waals surface area contributed by atoms with Gasteiger partial charge in [0.1, 0.15) is 11.3 Å². The van der Waals surface area contributed by atoms with Gasteiger partial charge < -0.3 is 5.32 Å². The Hall–Kier alpha value is -2.57. The SMILES string of the molecule is Cc1cn2nc(-c3cc(F)c4nc(C5CCNCC5)ccc4c3)cc(C)c2n1.Cl. The normalized spacial score (nSPS) is 15.0. The summed E-state index contributed by atoms with van der Waals surface area (Å²) >= 11 is 0. The summed E-state index contributed by atoms with van der Waals surface area (Å²) in [5.41, 5.74) is 5.66. The van der Waals surface area contributed by atoms with Crippen molar-refractivity contribution in [3.8, 4) is 11.3 Å². The van der Waals surface area contributed by atoms with E-state index in [-0.39, 0.29) is 18.2 Å². The number of hydrogen-bond acceptors (Lipinski definition) is 4. The third kappa shape index (κ3) is 3.58. The van der Waals surface area contributed by atoms with Crippen molar-refractivity contribution >= 4 is 29.0 Å². The van der Waals surface area contributed by atoms with Crippen molar-refractivity contribution in [3.63, 3.8) is 0 Å². The Bertz CT molecular complexity index is 1200. The average molecular weight is 412 g/mol. The number of imidazole rings is 1. The van der Waals surface area contributed by atoms with Gasteiger partial charge in [0.05, 0.1) is 17.6 Å². The number of nitrogens with zero attached hydrogens (tertiary/aromatic N) is 4. The summed E-state index contributed by atoms with van der Waals surface area (Å²) in [5.74, 6) is 0.102. The van der Waals surface area contributed by atoms with Crippen LogP contribution in [0.2, 0.25) is 0 Å². The van der Waals surface area contributed by atoms with Gasteiger partial charge >= 0.3 is 0 Å². The molecule has 1 fully saturated rings. The minimum Gasteiger partial charge on any atom is -0.317 e. The maximum atomic E-state index is 15.0. The lowest BCUT2D eigenvalue weighted by Crippen LogP contribution is -2.27. The van der Waals surface area contributed by atoms with Gasteiger partial charge in [-0.1, -0.05) is 6.07 Å². The molecule has 0 atom stereocenters. The van der Waals surface area contributed by atoms with E-state index in [4.69, 9.17) is 0 Å². The van der Waals surface area contributed by atoms with Gasteiger partial charge in [-0.25, -0.2) is 18.9 Å². The number of aromatic nitrogens is 4. The quantitative estimate of drug-likeness (QED) is 0.524. The van der Waals surface area contributed by atoms with Gasteiger partial charge in [0, 0.05) is 22.6 Å². The summed E-state index contributed by atoms with van der Waals surface area (Å²) in [5, 5.41) is 8.79. The summed E-state index contributed by atoms with van der Waals surface area (Å²) in [6.45, 7) is 5.92. The number of pyridine rings is 1. The molecule has 150 valence electrons. The predicted molar refractivity (Wildman–Crippen MR) is 115 cm³/mol. The number of halogens is 2. The van der Waals surface area contributed by atoms with E-state index in [0.717, 1.165) is 65.2 Å². The van der Waals surface area contributed by atoms with Crippen LogP contribution in [0.25, 0.3) is 27.8 Å². The molecule has 4 aromatic rings. The molecular formula is C22H23ClFN5. The summed E-state index contributed by atoms with van der Waals surface area (Å²) in [6.07, 6.45) is 3.98. The van der Waals surface area contributed by atoms with E-state index in [1.54, 1.807) is 10.6 Å². The maximum Gasteiger partial charge on any atom is 0.156 e. The molecule has 1 aliphatic heterocycles. The van der Waals surface area contributed by atoms with Crippen LogP contribution >= 0.6 is 12.4 Å².